The molecule has 3 heterocycles. The minimum atomic E-state index is -1.03. The van der Waals surface area contributed by atoms with Gasteiger partial charge in [0.15, 0.2) is 0 Å². The van der Waals surface area contributed by atoms with Crippen LogP contribution in [0.3, 0.4) is 0 Å². The fourth-order valence-corrected chi connectivity index (χ4v) is 3.63. The number of anilines is 1. The van der Waals surface area contributed by atoms with Crippen molar-refractivity contribution in [3.63, 3.8) is 0 Å². The third-order valence-corrected chi connectivity index (χ3v) is 5.36. The number of rotatable bonds is 3. The molecule has 2 aromatic heterocycles. The lowest BCUT2D eigenvalue weighted by Gasteiger charge is -2.39. The Kier molecular flexibility index (Phi) is 5.19. The van der Waals surface area contributed by atoms with Crippen LogP contribution < -0.4 is 15.4 Å². The lowest BCUT2D eigenvalue weighted by Crippen LogP contribution is -2.51. The molecule has 4 rings (SSSR count). The number of amides is 2. The van der Waals surface area contributed by atoms with E-state index in [1.807, 2.05) is 6.07 Å². The second-order valence-electron chi connectivity index (χ2n) is 6.77. The number of hydrogen-bond acceptors (Lipinski definition) is 4. The Labute approximate surface area is 175 Å². The van der Waals surface area contributed by atoms with Crippen LogP contribution in [0.2, 0.25) is 0 Å². The van der Waals surface area contributed by atoms with E-state index >= 15 is 0 Å². The molecule has 2 N–H and O–H groups in total. The molecule has 1 aliphatic heterocycles. The summed E-state index contributed by atoms with van der Waals surface area (Å²) in [5, 5.41) is 5.79. The quantitative estimate of drug-likeness (QED) is 0.567. The number of hydrogen-bond donors (Lipinski definition) is 2. The number of aryl methyl sites for hydroxylation is 1. The van der Waals surface area contributed by atoms with Crippen molar-refractivity contribution in [3.05, 3.63) is 82.1 Å². The summed E-state index contributed by atoms with van der Waals surface area (Å²) in [7, 11) is 0. The van der Waals surface area contributed by atoms with Gasteiger partial charge in [-0.15, -0.1) is 0 Å². The average Bonchev–Trinajstić information content (AvgIpc) is 2.72. The first-order chi connectivity index (χ1) is 14.0. The Balaban J connectivity index is 1.74. The Bertz CT molecular complexity index is 1060. The summed E-state index contributed by atoms with van der Waals surface area (Å²) in [6.07, 6.45) is 3.58. The second-order valence-corrected chi connectivity index (χ2v) is 7.58. The predicted octanol–water partition coefficient (Wildman–Crippen LogP) is 4.53. The van der Waals surface area contributed by atoms with Gasteiger partial charge in [-0.25, -0.2) is 14.2 Å². The molecule has 0 bridgehead atoms. The number of nitrogens with one attached hydrogen (secondary N) is 2. The zero-order chi connectivity index (χ0) is 20.4. The Hall–Kier alpha value is -3.00. The first kappa shape index (κ1) is 19.3. The first-order valence-corrected chi connectivity index (χ1v) is 9.83. The highest BCUT2D eigenvalue weighted by molar-refractivity contribution is 9.10. The smallest absolute Gasteiger partial charge is 0.320 e. The molecule has 148 valence electrons. The topological polar surface area (TPSA) is 76.1 Å². The molecule has 0 fully saturated rings. The van der Waals surface area contributed by atoms with Gasteiger partial charge in [0.25, 0.3) is 0 Å². The number of fused-ring (bicyclic) bond motifs is 1. The zero-order valence-electron chi connectivity index (χ0n) is 15.6. The molecule has 0 spiro atoms. The second kappa shape index (κ2) is 7.79. The van der Waals surface area contributed by atoms with E-state index in [0.29, 0.717) is 45.9 Å². The van der Waals surface area contributed by atoms with E-state index in [0.717, 1.165) is 0 Å². The molecule has 8 heteroatoms. The van der Waals surface area contributed by atoms with Crippen LogP contribution in [-0.2, 0) is 5.54 Å². The maximum Gasteiger partial charge on any atom is 0.320 e. The fraction of sp³-hybridized carbons (Fsp3) is 0.190. The largest absolute Gasteiger partial charge is 0.491 e. The van der Waals surface area contributed by atoms with E-state index in [-0.39, 0.29) is 5.82 Å². The molecule has 0 aliphatic carbocycles. The average molecular weight is 457 g/mol. The molecular formula is C21H18BrFN4O2. The Morgan fingerprint density at radius 1 is 1.24 bits per heavy atom. The number of halogens is 2. The van der Waals surface area contributed by atoms with Crippen molar-refractivity contribution in [2.45, 2.75) is 18.9 Å². The van der Waals surface area contributed by atoms with Gasteiger partial charge < -0.3 is 15.4 Å². The molecule has 0 unspecified atom stereocenters. The highest BCUT2D eigenvalue weighted by Crippen LogP contribution is 2.40. The van der Waals surface area contributed by atoms with Crippen LogP contribution in [-0.4, -0.2) is 22.6 Å². The van der Waals surface area contributed by atoms with E-state index in [4.69, 9.17) is 4.74 Å². The van der Waals surface area contributed by atoms with Crippen LogP contribution in [0.5, 0.6) is 5.75 Å². The number of pyridine rings is 2. The molecule has 6 nitrogen and oxygen atoms in total. The van der Waals surface area contributed by atoms with Crippen molar-refractivity contribution in [2.24, 2.45) is 0 Å². The van der Waals surface area contributed by atoms with Gasteiger partial charge in [-0.05, 0) is 64.3 Å². The summed E-state index contributed by atoms with van der Waals surface area (Å²) in [6.45, 7) is 2.05. The molecule has 29 heavy (non-hydrogen) atoms. The van der Waals surface area contributed by atoms with Gasteiger partial charge in [0.1, 0.15) is 27.4 Å². The third-order valence-electron chi connectivity index (χ3n) is 4.89. The lowest BCUT2D eigenvalue weighted by molar-refractivity contribution is 0.200. The molecule has 1 atom stereocenters. The highest BCUT2D eigenvalue weighted by atomic mass is 79.9. The van der Waals surface area contributed by atoms with Crippen molar-refractivity contribution in [1.29, 1.82) is 0 Å². The lowest BCUT2D eigenvalue weighted by atomic mass is 9.81. The molecule has 0 radical (unpaired) electrons. The number of carbonyl (C=O) groups excluding carboxylic acids is 1. The Morgan fingerprint density at radius 3 is 2.86 bits per heavy atom. The molecule has 3 aromatic rings. The fourth-order valence-electron chi connectivity index (χ4n) is 3.40. The van der Waals surface area contributed by atoms with Gasteiger partial charge in [0.2, 0.25) is 0 Å². The molecule has 1 aliphatic rings. The van der Waals surface area contributed by atoms with Crippen molar-refractivity contribution in [3.8, 4) is 5.75 Å². The highest BCUT2D eigenvalue weighted by Gasteiger charge is 2.42. The van der Waals surface area contributed by atoms with Gasteiger partial charge in [-0.3, -0.25) is 4.98 Å². The molecule has 1 aromatic carbocycles. The summed E-state index contributed by atoms with van der Waals surface area (Å²) in [5.74, 6) is 0.218. The SMILES string of the molecule is Cc1ccc([C@@]2(NC(=O)Nc3ccc(Br)nc3)CCOc3cccnc32)cc1F. The van der Waals surface area contributed by atoms with Gasteiger partial charge in [-0.1, -0.05) is 12.1 Å². The van der Waals surface area contributed by atoms with Crippen LogP contribution in [0.1, 0.15) is 23.2 Å². The Morgan fingerprint density at radius 2 is 2.10 bits per heavy atom. The van der Waals surface area contributed by atoms with Gasteiger partial charge >= 0.3 is 6.03 Å². The van der Waals surface area contributed by atoms with Crippen molar-refractivity contribution in [1.82, 2.24) is 15.3 Å². The van der Waals surface area contributed by atoms with Crippen LogP contribution in [0.25, 0.3) is 0 Å². The van der Waals surface area contributed by atoms with Crippen molar-refractivity contribution in [2.75, 3.05) is 11.9 Å². The van der Waals surface area contributed by atoms with E-state index in [1.54, 1.807) is 43.5 Å². The summed E-state index contributed by atoms with van der Waals surface area (Å²) >= 11 is 3.26. The van der Waals surface area contributed by atoms with E-state index in [2.05, 4.69) is 36.5 Å². The van der Waals surface area contributed by atoms with Crippen LogP contribution in [0.4, 0.5) is 14.9 Å². The number of carbonyl (C=O) groups is 1. The predicted molar refractivity (Wildman–Crippen MR) is 110 cm³/mol. The van der Waals surface area contributed by atoms with Crippen molar-refractivity contribution < 1.29 is 13.9 Å². The molecule has 0 saturated carbocycles. The maximum atomic E-state index is 14.4. The number of urea groups is 1. The maximum absolute atomic E-state index is 14.4. The summed E-state index contributed by atoms with van der Waals surface area (Å²) in [5.41, 5.74) is 1.18. The first-order valence-electron chi connectivity index (χ1n) is 9.03. The minimum Gasteiger partial charge on any atom is -0.491 e. The number of nitrogens with zero attached hydrogens (tertiary/aromatic N) is 2. The molecule has 2 amide bonds. The van der Waals surface area contributed by atoms with Crippen molar-refractivity contribution >= 4 is 27.6 Å². The van der Waals surface area contributed by atoms with Crippen LogP contribution >= 0.6 is 15.9 Å². The normalized spacial score (nSPS) is 17.8. The molecule has 0 saturated heterocycles. The monoisotopic (exact) mass is 456 g/mol. The standard InChI is InChI=1S/C21H18BrFN4O2/c1-13-4-5-14(11-16(13)23)21(8-10-29-17-3-2-9-24-19(17)21)27-20(28)26-15-6-7-18(22)25-12-15/h2-7,9,11-12H,8,10H2,1H3,(H2,26,27,28)/t21-/m0/s1. The molecular weight excluding hydrogens is 439 g/mol. The third kappa shape index (κ3) is 3.80. The summed E-state index contributed by atoms with van der Waals surface area (Å²) < 4.78 is 20.8. The minimum absolute atomic E-state index is 0.342. The van der Waals surface area contributed by atoms with E-state index in [1.165, 1.54) is 12.3 Å². The van der Waals surface area contributed by atoms with Gasteiger partial charge in [0, 0.05) is 12.6 Å². The van der Waals surface area contributed by atoms with Crippen LogP contribution in [0, 0.1) is 12.7 Å². The number of benzene rings is 1. The zero-order valence-corrected chi connectivity index (χ0v) is 17.2. The number of ether oxygens (including phenoxy) is 1. The summed E-state index contributed by atoms with van der Waals surface area (Å²) in [6, 6.07) is 11.5. The number of aromatic nitrogens is 2. The summed E-state index contributed by atoms with van der Waals surface area (Å²) in [4.78, 5) is 21.5. The van der Waals surface area contributed by atoms with Crippen LogP contribution in [0.15, 0.2) is 59.5 Å². The van der Waals surface area contributed by atoms with E-state index in [9.17, 15) is 9.18 Å². The van der Waals surface area contributed by atoms with Gasteiger partial charge in [0.05, 0.1) is 18.5 Å². The van der Waals surface area contributed by atoms with Gasteiger partial charge in [-0.2, -0.15) is 0 Å². The van der Waals surface area contributed by atoms with E-state index < -0.39 is 11.6 Å².